The summed E-state index contributed by atoms with van der Waals surface area (Å²) in [6.07, 6.45) is 0.984. The highest BCUT2D eigenvalue weighted by molar-refractivity contribution is 6.30. The molecule has 0 aromatic heterocycles. The van der Waals surface area contributed by atoms with Crippen molar-refractivity contribution in [2.75, 3.05) is 32.8 Å². The van der Waals surface area contributed by atoms with Gasteiger partial charge in [0, 0.05) is 48.7 Å². The van der Waals surface area contributed by atoms with Crippen molar-refractivity contribution in [1.29, 1.82) is 0 Å². The highest BCUT2D eigenvalue weighted by atomic mass is 35.5. The van der Waals surface area contributed by atoms with Gasteiger partial charge in [-0.15, -0.1) is 0 Å². The fourth-order valence-electron chi connectivity index (χ4n) is 5.01. The number of hydrogen-bond donors (Lipinski definition) is 1. The molecule has 150 valence electrons. The maximum Gasteiger partial charge on any atom is 0.123 e. The third-order valence-electron chi connectivity index (χ3n) is 6.43. The quantitative estimate of drug-likeness (QED) is 0.818. The molecule has 28 heavy (non-hydrogen) atoms. The molecular formula is C23H28ClFN2O. The topological polar surface area (TPSA) is 26.7 Å². The Morgan fingerprint density at radius 3 is 2.54 bits per heavy atom. The van der Waals surface area contributed by atoms with E-state index in [1.54, 1.807) is 12.1 Å². The van der Waals surface area contributed by atoms with E-state index < -0.39 is 0 Å². The number of halogens is 2. The van der Waals surface area contributed by atoms with E-state index in [0.29, 0.717) is 12.6 Å². The van der Waals surface area contributed by atoms with E-state index in [1.807, 2.05) is 18.2 Å². The van der Waals surface area contributed by atoms with E-state index in [0.717, 1.165) is 36.6 Å². The van der Waals surface area contributed by atoms with Crippen LogP contribution < -0.4 is 0 Å². The highest BCUT2D eigenvalue weighted by Gasteiger charge is 2.41. The standard InChI is InChI=1S/C23H28ClFN2O/c1-23(2)15-26(9-10-27(23)11-12-28)22-14-20(16-3-6-18(25)7-4-16)19-8-5-17(24)13-21(19)22/h3-8,13,20,22,28H,9-12,14-15H2,1-2H3/t20-,22+/m1/s1. The van der Waals surface area contributed by atoms with E-state index in [-0.39, 0.29) is 23.9 Å². The van der Waals surface area contributed by atoms with Gasteiger partial charge in [0.2, 0.25) is 0 Å². The van der Waals surface area contributed by atoms with E-state index in [9.17, 15) is 9.50 Å². The summed E-state index contributed by atoms with van der Waals surface area (Å²) in [5.41, 5.74) is 3.77. The van der Waals surface area contributed by atoms with Gasteiger partial charge in [0.1, 0.15) is 5.82 Å². The summed E-state index contributed by atoms with van der Waals surface area (Å²) in [5, 5.41) is 10.1. The highest BCUT2D eigenvalue weighted by Crippen LogP contribution is 2.48. The Kier molecular flexibility index (Phi) is 5.49. The molecule has 0 unspecified atom stereocenters. The number of piperazine rings is 1. The second-order valence-electron chi connectivity index (χ2n) is 8.62. The zero-order valence-corrected chi connectivity index (χ0v) is 17.3. The summed E-state index contributed by atoms with van der Waals surface area (Å²) in [6.45, 7) is 8.27. The van der Waals surface area contributed by atoms with Crippen LogP contribution in [-0.2, 0) is 0 Å². The van der Waals surface area contributed by atoms with Crippen molar-refractivity contribution in [3.63, 3.8) is 0 Å². The average Bonchev–Trinajstić information content (AvgIpc) is 3.02. The molecule has 4 rings (SSSR count). The van der Waals surface area contributed by atoms with Gasteiger partial charge in [0.15, 0.2) is 0 Å². The predicted molar refractivity (Wildman–Crippen MR) is 111 cm³/mol. The Morgan fingerprint density at radius 2 is 1.86 bits per heavy atom. The smallest absolute Gasteiger partial charge is 0.123 e. The number of β-amino-alcohol motifs (C(OH)–C–C–N with tert-alkyl or cyclic N) is 1. The van der Waals surface area contributed by atoms with Crippen molar-refractivity contribution in [2.24, 2.45) is 0 Å². The van der Waals surface area contributed by atoms with Crippen LogP contribution in [0.15, 0.2) is 42.5 Å². The van der Waals surface area contributed by atoms with E-state index in [4.69, 9.17) is 11.6 Å². The van der Waals surface area contributed by atoms with Gasteiger partial charge in [-0.05, 0) is 61.2 Å². The van der Waals surface area contributed by atoms with Crippen molar-refractivity contribution in [2.45, 2.75) is 37.8 Å². The summed E-state index contributed by atoms with van der Waals surface area (Å²) in [7, 11) is 0. The Bertz CT molecular complexity index is 839. The SMILES string of the molecule is CC1(C)CN([C@H]2C[C@H](c3ccc(F)cc3)c3ccc(Cl)cc32)CCN1CCO. The number of fused-ring (bicyclic) bond motifs is 1. The molecule has 2 aliphatic rings. The fraction of sp³-hybridized carbons (Fsp3) is 0.478. The first-order valence-electron chi connectivity index (χ1n) is 10.0. The minimum absolute atomic E-state index is 0.00762. The van der Waals surface area contributed by atoms with Crippen molar-refractivity contribution >= 4 is 11.6 Å². The van der Waals surface area contributed by atoms with Crippen molar-refractivity contribution < 1.29 is 9.50 Å². The molecular weight excluding hydrogens is 375 g/mol. The molecule has 3 nitrogen and oxygen atoms in total. The number of nitrogens with zero attached hydrogens (tertiary/aromatic N) is 2. The number of benzene rings is 2. The van der Waals surface area contributed by atoms with Gasteiger partial charge in [-0.2, -0.15) is 0 Å². The number of hydrogen-bond acceptors (Lipinski definition) is 3. The predicted octanol–water partition coefficient (Wildman–Crippen LogP) is 4.44. The molecule has 1 aliphatic carbocycles. The van der Waals surface area contributed by atoms with Crippen LogP contribution >= 0.6 is 11.6 Å². The molecule has 2 aromatic rings. The summed E-state index contributed by atoms with van der Waals surface area (Å²) >= 11 is 6.36. The van der Waals surface area contributed by atoms with Crippen molar-refractivity contribution in [3.8, 4) is 0 Å². The summed E-state index contributed by atoms with van der Waals surface area (Å²) in [6, 6.07) is 13.4. The average molecular weight is 403 g/mol. The molecule has 1 saturated heterocycles. The number of aliphatic hydroxyl groups is 1. The summed E-state index contributed by atoms with van der Waals surface area (Å²) in [4.78, 5) is 4.93. The van der Waals surface area contributed by atoms with E-state index >= 15 is 0 Å². The van der Waals surface area contributed by atoms with Crippen molar-refractivity contribution in [1.82, 2.24) is 9.80 Å². The van der Waals surface area contributed by atoms with Crippen LogP contribution in [0.2, 0.25) is 5.02 Å². The molecule has 0 saturated carbocycles. The molecule has 2 atom stereocenters. The summed E-state index contributed by atoms with van der Waals surface area (Å²) in [5.74, 6) is 0.0628. The van der Waals surface area contributed by atoms with Crippen LogP contribution in [0.1, 0.15) is 48.9 Å². The lowest BCUT2D eigenvalue weighted by Gasteiger charge is -2.49. The van der Waals surface area contributed by atoms with Gasteiger partial charge in [-0.1, -0.05) is 29.8 Å². The lowest BCUT2D eigenvalue weighted by molar-refractivity contribution is -0.00898. The fourth-order valence-corrected chi connectivity index (χ4v) is 5.19. The first kappa shape index (κ1) is 19.8. The Hall–Kier alpha value is -1.46. The minimum atomic E-state index is -0.198. The van der Waals surface area contributed by atoms with E-state index in [1.165, 1.54) is 11.1 Å². The van der Waals surface area contributed by atoms with Gasteiger partial charge < -0.3 is 5.11 Å². The van der Waals surface area contributed by atoms with Gasteiger partial charge in [-0.25, -0.2) is 4.39 Å². The number of aliphatic hydroxyl groups excluding tert-OH is 1. The zero-order valence-electron chi connectivity index (χ0n) is 16.5. The van der Waals surface area contributed by atoms with Crippen LogP contribution in [0, 0.1) is 5.82 Å². The van der Waals surface area contributed by atoms with E-state index in [2.05, 4.69) is 35.8 Å². The Balaban J connectivity index is 1.64. The summed E-state index contributed by atoms with van der Waals surface area (Å²) < 4.78 is 13.4. The third-order valence-corrected chi connectivity index (χ3v) is 6.66. The molecule has 0 amide bonds. The molecule has 2 aromatic carbocycles. The van der Waals surface area contributed by atoms with Gasteiger partial charge in [0.05, 0.1) is 6.61 Å². The van der Waals surface area contributed by atoms with Crippen LogP contribution in [0.3, 0.4) is 0 Å². The van der Waals surface area contributed by atoms with Crippen LogP contribution in [0.4, 0.5) is 4.39 Å². The third kappa shape index (κ3) is 3.71. The Labute approximate surface area is 171 Å². The molecule has 5 heteroatoms. The second-order valence-corrected chi connectivity index (χ2v) is 9.06. The molecule has 0 bridgehead atoms. The molecule has 1 N–H and O–H groups in total. The lowest BCUT2D eigenvalue weighted by Crippen LogP contribution is -2.60. The van der Waals surface area contributed by atoms with Crippen LogP contribution in [-0.4, -0.2) is 53.2 Å². The monoisotopic (exact) mass is 402 g/mol. The Morgan fingerprint density at radius 1 is 1.11 bits per heavy atom. The normalized spacial score (nSPS) is 25.0. The van der Waals surface area contributed by atoms with Crippen LogP contribution in [0.5, 0.6) is 0 Å². The molecule has 1 heterocycles. The maximum absolute atomic E-state index is 13.4. The molecule has 0 radical (unpaired) electrons. The first-order chi connectivity index (χ1) is 13.4. The van der Waals surface area contributed by atoms with Gasteiger partial charge in [-0.3, -0.25) is 9.80 Å². The largest absolute Gasteiger partial charge is 0.395 e. The van der Waals surface area contributed by atoms with Gasteiger partial charge >= 0.3 is 0 Å². The maximum atomic E-state index is 13.4. The van der Waals surface area contributed by atoms with Crippen molar-refractivity contribution in [3.05, 3.63) is 70.0 Å². The molecule has 1 aliphatic heterocycles. The molecule has 0 spiro atoms. The van der Waals surface area contributed by atoms with Crippen LogP contribution in [0.25, 0.3) is 0 Å². The first-order valence-corrected chi connectivity index (χ1v) is 10.4. The van der Waals surface area contributed by atoms with Gasteiger partial charge in [0.25, 0.3) is 0 Å². The lowest BCUT2D eigenvalue weighted by atomic mass is 9.93. The number of rotatable bonds is 4. The zero-order chi connectivity index (χ0) is 19.9. The minimum Gasteiger partial charge on any atom is -0.395 e. The second kappa shape index (κ2) is 7.75. The molecule has 1 fully saturated rings.